The van der Waals surface area contributed by atoms with Gasteiger partial charge in [-0.25, -0.2) is 13.1 Å². The van der Waals surface area contributed by atoms with Gasteiger partial charge in [0.15, 0.2) is 0 Å². The Bertz CT molecular complexity index is 688. The second-order valence-corrected chi connectivity index (χ2v) is 8.77. The molecule has 0 aromatic heterocycles. The highest BCUT2D eigenvalue weighted by molar-refractivity contribution is 7.89. The van der Waals surface area contributed by atoms with Crippen LogP contribution in [0.1, 0.15) is 38.7 Å². The number of benzene rings is 1. The number of hydrogen-bond acceptors (Lipinski definition) is 2. The van der Waals surface area contributed by atoms with E-state index in [0.29, 0.717) is 10.8 Å². The van der Waals surface area contributed by atoms with Gasteiger partial charge in [-0.05, 0) is 44.2 Å². The fourth-order valence-corrected chi connectivity index (χ4v) is 5.55. The molecule has 1 aromatic rings. The molecule has 1 N–H and O–H groups in total. The number of sulfonamides is 1. The molecule has 0 saturated heterocycles. The summed E-state index contributed by atoms with van der Waals surface area (Å²) in [6, 6.07) is 7.03. The second kappa shape index (κ2) is 4.43. The fraction of sp³-hybridized carbons (Fsp3) is 0.529. The Morgan fingerprint density at radius 2 is 1.86 bits per heavy atom. The van der Waals surface area contributed by atoms with E-state index >= 15 is 0 Å². The Morgan fingerprint density at radius 3 is 2.38 bits per heavy atom. The standard InChI is InChI=1S/C17H23NO2S/c1-12-5-7-15(8-6-12)21(19,20)18-17-10-9-14(11-17)13(2)16(17,3)4/h5-8,14,18H,2,9-11H2,1,3-4H3. The van der Waals surface area contributed by atoms with E-state index in [1.807, 2.05) is 19.1 Å². The third-order valence-electron chi connectivity index (χ3n) is 5.67. The lowest BCUT2D eigenvalue weighted by atomic mass is 9.69. The zero-order chi connectivity index (χ0) is 15.5. The number of hydrogen-bond donors (Lipinski definition) is 1. The van der Waals surface area contributed by atoms with Gasteiger partial charge in [-0.3, -0.25) is 0 Å². The molecule has 2 saturated carbocycles. The van der Waals surface area contributed by atoms with Crippen molar-refractivity contribution < 1.29 is 8.42 Å². The Labute approximate surface area is 127 Å². The van der Waals surface area contributed by atoms with Crippen molar-refractivity contribution in [3.63, 3.8) is 0 Å². The third-order valence-corrected chi connectivity index (χ3v) is 7.22. The summed E-state index contributed by atoms with van der Waals surface area (Å²) in [5, 5.41) is 0. The Morgan fingerprint density at radius 1 is 1.24 bits per heavy atom. The lowest BCUT2D eigenvalue weighted by molar-refractivity contribution is 0.210. The topological polar surface area (TPSA) is 46.2 Å². The first-order chi connectivity index (χ1) is 9.68. The molecule has 0 radical (unpaired) electrons. The van der Waals surface area contributed by atoms with Crippen molar-refractivity contribution in [1.82, 2.24) is 4.72 Å². The SMILES string of the molecule is C=C1C2CCC(NS(=O)(=O)c3ccc(C)cc3)(C2)C1(C)C. The van der Waals surface area contributed by atoms with E-state index in [0.717, 1.165) is 24.8 Å². The third kappa shape index (κ3) is 2.08. The van der Waals surface area contributed by atoms with Crippen molar-refractivity contribution in [2.24, 2.45) is 11.3 Å². The van der Waals surface area contributed by atoms with E-state index < -0.39 is 10.0 Å². The van der Waals surface area contributed by atoms with Crippen LogP contribution in [0.3, 0.4) is 0 Å². The van der Waals surface area contributed by atoms with Gasteiger partial charge in [-0.2, -0.15) is 0 Å². The van der Waals surface area contributed by atoms with E-state index in [1.54, 1.807) is 12.1 Å². The highest BCUT2D eigenvalue weighted by Crippen LogP contribution is 2.61. The van der Waals surface area contributed by atoms with Crippen molar-refractivity contribution in [3.8, 4) is 0 Å². The maximum Gasteiger partial charge on any atom is 0.241 e. The summed E-state index contributed by atoms with van der Waals surface area (Å²) in [6.45, 7) is 10.4. The molecular formula is C17H23NO2S. The van der Waals surface area contributed by atoms with E-state index in [2.05, 4.69) is 25.1 Å². The zero-order valence-corrected chi connectivity index (χ0v) is 13.8. The van der Waals surface area contributed by atoms with Gasteiger partial charge in [0.25, 0.3) is 0 Å². The molecular weight excluding hydrogens is 282 g/mol. The van der Waals surface area contributed by atoms with Gasteiger partial charge >= 0.3 is 0 Å². The fourth-order valence-electron chi connectivity index (χ4n) is 3.98. The summed E-state index contributed by atoms with van der Waals surface area (Å²) in [7, 11) is -3.49. The van der Waals surface area contributed by atoms with E-state index in [9.17, 15) is 8.42 Å². The number of aryl methyl sites for hydroxylation is 1. The Kier molecular flexibility index (Phi) is 3.12. The van der Waals surface area contributed by atoms with Crippen molar-refractivity contribution in [3.05, 3.63) is 42.0 Å². The van der Waals surface area contributed by atoms with Crippen LogP contribution in [0.25, 0.3) is 0 Å². The quantitative estimate of drug-likeness (QED) is 0.870. The molecule has 0 heterocycles. The molecule has 0 aliphatic heterocycles. The number of fused-ring (bicyclic) bond motifs is 2. The smallest absolute Gasteiger partial charge is 0.207 e. The highest BCUT2D eigenvalue weighted by atomic mass is 32.2. The Hall–Kier alpha value is -1.13. The van der Waals surface area contributed by atoms with Crippen LogP contribution in [0, 0.1) is 18.3 Å². The van der Waals surface area contributed by atoms with Crippen molar-refractivity contribution in [1.29, 1.82) is 0 Å². The molecule has 2 atom stereocenters. The molecule has 0 spiro atoms. The molecule has 4 heteroatoms. The van der Waals surface area contributed by atoms with Crippen LogP contribution in [0.15, 0.2) is 41.3 Å². The minimum Gasteiger partial charge on any atom is -0.207 e. The van der Waals surface area contributed by atoms with Gasteiger partial charge in [0.1, 0.15) is 0 Å². The molecule has 2 fully saturated rings. The lowest BCUT2D eigenvalue weighted by Crippen LogP contribution is -2.54. The molecule has 21 heavy (non-hydrogen) atoms. The summed E-state index contributed by atoms with van der Waals surface area (Å²) in [5.74, 6) is 0.459. The van der Waals surface area contributed by atoms with Crippen molar-refractivity contribution in [2.45, 2.75) is 50.5 Å². The van der Waals surface area contributed by atoms with Crippen LogP contribution < -0.4 is 4.72 Å². The zero-order valence-electron chi connectivity index (χ0n) is 12.9. The van der Waals surface area contributed by atoms with Gasteiger partial charge in [0, 0.05) is 11.0 Å². The number of rotatable bonds is 3. The molecule has 0 amide bonds. The predicted molar refractivity (Wildman–Crippen MR) is 84.5 cm³/mol. The van der Waals surface area contributed by atoms with Gasteiger partial charge in [-0.1, -0.05) is 43.7 Å². The normalized spacial score (nSPS) is 30.8. The first-order valence-corrected chi connectivity index (χ1v) is 8.96. The van der Waals surface area contributed by atoms with Crippen LogP contribution in [0.5, 0.6) is 0 Å². The molecule has 3 rings (SSSR count). The summed E-state index contributed by atoms with van der Waals surface area (Å²) in [4.78, 5) is 0.347. The van der Waals surface area contributed by atoms with Crippen molar-refractivity contribution >= 4 is 10.0 Å². The molecule has 3 nitrogen and oxygen atoms in total. The summed E-state index contributed by atoms with van der Waals surface area (Å²) in [6.07, 6.45) is 2.82. The van der Waals surface area contributed by atoms with E-state index in [-0.39, 0.29) is 11.0 Å². The minimum atomic E-state index is -3.49. The van der Waals surface area contributed by atoms with Crippen LogP contribution in [0.2, 0.25) is 0 Å². The van der Waals surface area contributed by atoms with E-state index in [1.165, 1.54) is 5.57 Å². The first-order valence-electron chi connectivity index (χ1n) is 7.48. The average Bonchev–Trinajstić information content (AvgIpc) is 2.88. The van der Waals surface area contributed by atoms with Crippen LogP contribution in [-0.4, -0.2) is 14.0 Å². The monoisotopic (exact) mass is 305 g/mol. The van der Waals surface area contributed by atoms with Gasteiger partial charge in [0.05, 0.1) is 4.90 Å². The molecule has 2 aliphatic rings. The summed E-state index contributed by atoms with van der Waals surface area (Å²) >= 11 is 0. The predicted octanol–water partition coefficient (Wildman–Crippen LogP) is 3.41. The van der Waals surface area contributed by atoms with Crippen molar-refractivity contribution in [2.75, 3.05) is 0 Å². The molecule has 2 bridgehead atoms. The van der Waals surface area contributed by atoms with Gasteiger partial charge in [-0.15, -0.1) is 0 Å². The number of nitrogens with one attached hydrogen (secondary N) is 1. The highest BCUT2D eigenvalue weighted by Gasteiger charge is 2.60. The summed E-state index contributed by atoms with van der Waals surface area (Å²) < 4.78 is 28.5. The summed E-state index contributed by atoms with van der Waals surface area (Å²) in [5.41, 5.74) is 1.69. The van der Waals surface area contributed by atoms with Gasteiger partial charge in [0.2, 0.25) is 10.0 Å². The lowest BCUT2D eigenvalue weighted by Gasteiger charge is -2.43. The molecule has 2 aliphatic carbocycles. The van der Waals surface area contributed by atoms with Gasteiger partial charge < -0.3 is 0 Å². The van der Waals surface area contributed by atoms with E-state index in [4.69, 9.17) is 0 Å². The minimum absolute atomic E-state index is 0.187. The molecule has 1 aromatic carbocycles. The maximum absolute atomic E-state index is 12.7. The maximum atomic E-state index is 12.7. The van der Waals surface area contributed by atoms with Crippen LogP contribution in [0.4, 0.5) is 0 Å². The van der Waals surface area contributed by atoms with Crippen LogP contribution in [-0.2, 0) is 10.0 Å². The van der Waals surface area contributed by atoms with Crippen LogP contribution >= 0.6 is 0 Å². The largest absolute Gasteiger partial charge is 0.241 e. The second-order valence-electron chi connectivity index (χ2n) is 7.09. The molecule has 114 valence electrons. The average molecular weight is 305 g/mol. The Balaban J connectivity index is 1.96. The first kappa shape index (κ1) is 14.8. The molecule has 2 unspecified atom stereocenters.